The summed E-state index contributed by atoms with van der Waals surface area (Å²) in [6.07, 6.45) is 9.14. The molecule has 1 aliphatic rings. The molecule has 1 aromatic rings. The van der Waals surface area contributed by atoms with Crippen molar-refractivity contribution in [2.75, 3.05) is 13.2 Å². The van der Waals surface area contributed by atoms with E-state index in [0.29, 0.717) is 6.10 Å². The highest BCUT2D eigenvalue weighted by molar-refractivity contribution is 6.31. The first-order chi connectivity index (χ1) is 10.3. The first-order valence-corrected chi connectivity index (χ1v) is 8.70. The number of halogens is 1. The molecule has 0 saturated carbocycles. The maximum atomic E-state index is 6.36. The normalized spacial score (nSPS) is 20.6. The maximum absolute atomic E-state index is 6.36. The highest BCUT2D eigenvalue weighted by Gasteiger charge is 2.22. The van der Waals surface area contributed by atoms with Crippen LogP contribution in [0.4, 0.5) is 0 Å². The topological polar surface area (TPSA) is 39.1 Å². The van der Waals surface area contributed by atoms with Crippen molar-refractivity contribution in [3.8, 4) is 0 Å². The van der Waals surface area contributed by atoms with Gasteiger partial charge >= 0.3 is 0 Å². The number of hydrogen-bond donors (Lipinski definition) is 1. The van der Waals surface area contributed by atoms with E-state index < -0.39 is 0 Å². The van der Waals surface area contributed by atoms with Crippen molar-refractivity contribution in [2.45, 2.75) is 71.1 Å². The van der Waals surface area contributed by atoms with E-state index in [2.05, 4.69) is 24.3 Å². The minimum atomic E-state index is 0.269. The summed E-state index contributed by atoms with van der Waals surface area (Å²) in [5.41, 5.74) is 1.13. The van der Waals surface area contributed by atoms with Gasteiger partial charge in [0.1, 0.15) is 0 Å². The monoisotopic (exact) mass is 313 g/mol. The fourth-order valence-corrected chi connectivity index (χ4v) is 3.28. The number of ether oxygens (including phenoxy) is 1. The summed E-state index contributed by atoms with van der Waals surface area (Å²) in [5, 5.41) is 8.77. The Morgan fingerprint density at radius 2 is 2.33 bits per heavy atom. The molecule has 2 heterocycles. The smallest absolute Gasteiger partial charge is 0.0834 e. The first-order valence-electron chi connectivity index (χ1n) is 8.32. The van der Waals surface area contributed by atoms with Gasteiger partial charge in [-0.15, -0.1) is 0 Å². The molecule has 1 aromatic heterocycles. The minimum Gasteiger partial charge on any atom is -0.378 e. The van der Waals surface area contributed by atoms with E-state index in [1.54, 1.807) is 6.20 Å². The van der Waals surface area contributed by atoms with Gasteiger partial charge in [0.05, 0.1) is 29.1 Å². The third-order valence-electron chi connectivity index (χ3n) is 4.15. The van der Waals surface area contributed by atoms with Crippen LogP contribution in [0.2, 0.25) is 5.02 Å². The van der Waals surface area contributed by atoms with Gasteiger partial charge in [-0.25, -0.2) is 0 Å². The largest absolute Gasteiger partial charge is 0.378 e. The number of nitrogens with one attached hydrogen (secondary N) is 1. The van der Waals surface area contributed by atoms with Crippen LogP contribution in [0.25, 0.3) is 0 Å². The predicted octanol–water partition coefficient (Wildman–Crippen LogP) is 3.95. The lowest BCUT2D eigenvalue weighted by Crippen LogP contribution is -2.27. The van der Waals surface area contributed by atoms with Gasteiger partial charge in [0.2, 0.25) is 0 Å². The zero-order chi connectivity index (χ0) is 15.1. The van der Waals surface area contributed by atoms with Crippen LogP contribution in [-0.2, 0) is 11.3 Å². The summed E-state index contributed by atoms with van der Waals surface area (Å²) in [7, 11) is 0. The summed E-state index contributed by atoms with van der Waals surface area (Å²) in [4.78, 5) is 0. The third kappa shape index (κ3) is 4.70. The second kappa shape index (κ2) is 8.76. The average molecular weight is 314 g/mol. The van der Waals surface area contributed by atoms with Crippen LogP contribution in [0.3, 0.4) is 0 Å². The van der Waals surface area contributed by atoms with Gasteiger partial charge in [0.15, 0.2) is 0 Å². The Kier molecular flexibility index (Phi) is 7.00. The summed E-state index contributed by atoms with van der Waals surface area (Å²) >= 11 is 6.36. The molecule has 0 bridgehead atoms. The van der Waals surface area contributed by atoms with Crippen molar-refractivity contribution in [3.05, 3.63) is 16.9 Å². The van der Waals surface area contributed by atoms with Gasteiger partial charge in [-0.2, -0.15) is 5.10 Å². The minimum absolute atomic E-state index is 0.269. The SMILES string of the molecule is CCCNC(CCC1CCCCO1)c1c(Cl)cnn1CC. The molecule has 0 radical (unpaired) electrons. The van der Waals surface area contributed by atoms with Crippen LogP contribution >= 0.6 is 11.6 Å². The molecule has 1 fully saturated rings. The number of nitrogens with zero attached hydrogens (tertiary/aromatic N) is 2. The van der Waals surface area contributed by atoms with Gasteiger partial charge in [-0.3, -0.25) is 4.68 Å². The number of hydrogen-bond acceptors (Lipinski definition) is 3. The Morgan fingerprint density at radius 1 is 1.48 bits per heavy atom. The predicted molar refractivity (Wildman–Crippen MR) is 86.8 cm³/mol. The Balaban J connectivity index is 2.00. The van der Waals surface area contributed by atoms with Crippen molar-refractivity contribution in [1.82, 2.24) is 15.1 Å². The van der Waals surface area contributed by atoms with Crippen molar-refractivity contribution in [1.29, 1.82) is 0 Å². The third-order valence-corrected chi connectivity index (χ3v) is 4.45. The molecular weight excluding hydrogens is 286 g/mol. The van der Waals surface area contributed by atoms with E-state index >= 15 is 0 Å². The average Bonchev–Trinajstić information content (AvgIpc) is 2.89. The molecule has 5 heteroatoms. The molecule has 0 aliphatic carbocycles. The summed E-state index contributed by atoms with van der Waals surface area (Å²) in [5.74, 6) is 0. The molecule has 2 rings (SSSR count). The van der Waals surface area contributed by atoms with Crippen molar-refractivity contribution in [2.24, 2.45) is 0 Å². The molecule has 1 aliphatic heterocycles. The number of aryl methyl sites for hydroxylation is 1. The zero-order valence-electron chi connectivity index (χ0n) is 13.3. The van der Waals surface area contributed by atoms with Crippen LogP contribution < -0.4 is 5.32 Å². The molecular formula is C16H28ClN3O. The molecule has 0 aromatic carbocycles. The second-order valence-corrected chi connectivity index (χ2v) is 6.17. The molecule has 0 spiro atoms. The molecule has 0 amide bonds. The quantitative estimate of drug-likeness (QED) is 0.790. The highest BCUT2D eigenvalue weighted by atomic mass is 35.5. The molecule has 4 nitrogen and oxygen atoms in total. The van der Waals surface area contributed by atoms with Crippen LogP contribution in [0, 0.1) is 0 Å². The number of aromatic nitrogens is 2. The fourth-order valence-electron chi connectivity index (χ4n) is 3.01. The summed E-state index contributed by atoms with van der Waals surface area (Å²) < 4.78 is 7.87. The van der Waals surface area contributed by atoms with Crippen molar-refractivity contribution >= 4 is 11.6 Å². The number of rotatable bonds is 8. The maximum Gasteiger partial charge on any atom is 0.0834 e. The van der Waals surface area contributed by atoms with E-state index in [9.17, 15) is 0 Å². The molecule has 120 valence electrons. The van der Waals surface area contributed by atoms with Crippen molar-refractivity contribution < 1.29 is 4.74 Å². The lowest BCUT2D eigenvalue weighted by Gasteiger charge is -2.26. The summed E-state index contributed by atoms with van der Waals surface area (Å²) in [6.45, 7) is 7.07. The van der Waals surface area contributed by atoms with E-state index in [4.69, 9.17) is 16.3 Å². The second-order valence-electron chi connectivity index (χ2n) is 5.77. The van der Waals surface area contributed by atoms with E-state index in [0.717, 1.165) is 49.7 Å². The molecule has 2 unspecified atom stereocenters. The van der Waals surface area contributed by atoms with Gasteiger partial charge in [-0.1, -0.05) is 18.5 Å². The van der Waals surface area contributed by atoms with Gasteiger partial charge in [0, 0.05) is 13.2 Å². The standard InChI is InChI=1S/C16H28ClN3O/c1-3-10-18-15(9-8-13-7-5-6-11-21-13)16-14(17)12-19-20(16)4-2/h12-13,15,18H,3-11H2,1-2H3. The van der Waals surface area contributed by atoms with Crippen molar-refractivity contribution in [3.63, 3.8) is 0 Å². The van der Waals surface area contributed by atoms with Crippen LogP contribution in [-0.4, -0.2) is 29.0 Å². The zero-order valence-corrected chi connectivity index (χ0v) is 14.0. The first kappa shape index (κ1) is 16.8. The van der Waals surface area contributed by atoms with Gasteiger partial charge < -0.3 is 10.1 Å². The van der Waals surface area contributed by atoms with Crippen LogP contribution in [0.15, 0.2) is 6.20 Å². The Bertz CT molecular complexity index is 416. The van der Waals surface area contributed by atoms with Gasteiger partial charge in [0.25, 0.3) is 0 Å². The van der Waals surface area contributed by atoms with Crippen LogP contribution in [0.5, 0.6) is 0 Å². The Morgan fingerprint density at radius 3 is 3.00 bits per heavy atom. The van der Waals surface area contributed by atoms with E-state index in [1.165, 1.54) is 19.3 Å². The highest BCUT2D eigenvalue weighted by Crippen LogP contribution is 2.28. The van der Waals surface area contributed by atoms with E-state index in [-0.39, 0.29) is 6.04 Å². The molecule has 2 atom stereocenters. The lowest BCUT2D eigenvalue weighted by molar-refractivity contribution is 0.00841. The van der Waals surface area contributed by atoms with E-state index in [1.807, 2.05) is 4.68 Å². The summed E-state index contributed by atoms with van der Waals surface area (Å²) in [6, 6.07) is 0.269. The molecule has 21 heavy (non-hydrogen) atoms. The van der Waals surface area contributed by atoms with Crippen LogP contribution in [0.1, 0.15) is 64.1 Å². The Hall–Kier alpha value is -0.580. The fraction of sp³-hybridized carbons (Fsp3) is 0.812. The molecule has 1 N–H and O–H groups in total. The van der Waals surface area contributed by atoms with Gasteiger partial charge in [-0.05, 0) is 52.0 Å². The Labute approximate surface area is 133 Å². The molecule has 1 saturated heterocycles. The lowest BCUT2D eigenvalue weighted by atomic mass is 10.00.